The van der Waals surface area contributed by atoms with Crippen molar-refractivity contribution in [2.45, 2.75) is 38.5 Å². The van der Waals surface area contributed by atoms with Crippen molar-refractivity contribution in [3.63, 3.8) is 0 Å². The number of fused-ring (bicyclic) bond motifs is 2. The van der Waals surface area contributed by atoms with Gasteiger partial charge in [-0.1, -0.05) is 78.3 Å². The first-order chi connectivity index (χ1) is 17.1. The van der Waals surface area contributed by atoms with Crippen LogP contribution >= 0.6 is 11.6 Å². The standard InChI is InChI=1S/C21H17NO.C9H8ClNO/c23-20-13-7-12-17-18(15-8-3-1-4-9-15)14-19(22-21(17)20)16-10-5-2-6-11-16;10-8-5-4-6-2-1-3-7(12)9(6)11-8/h1-6,8-11,14H,7,12-13H2;4-5H,1-3H2. The SMILES string of the molecule is O=C1CCCc2c(-c3ccccc3)cc(-c3ccccc3)nc21.O=C1CCCc2ccc(Cl)nc21. The van der Waals surface area contributed by atoms with Crippen molar-refractivity contribution >= 4 is 23.2 Å². The first-order valence-corrected chi connectivity index (χ1v) is 12.3. The molecule has 2 aromatic heterocycles. The number of aromatic nitrogens is 2. The Hall–Kier alpha value is -3.63. The van der Waals surface area contributed by atoms with E-state index in [4.69, 9.17) is 16.6 Å². The third-order valence-electron chi connectivity index (χ3n) is 6.43. The summed E-state index contributed by atoms with van der Waals surface area (Å²) in [6.45, 7) is 0. The Kier molecular flexibility index (Phi) is 6.82. The van der Waals surface area contributed by atoms with Crippen LogP contribution in [0.2, 0.25) is 5.15 Å². The average Bonchev–Trinajstić information content (AvgIpc) is 2.90. The second-order valence-corrected chi connectivity index (χ2v) is 9.20. The topological polar surface area (TPSA) is 59.9 Å². The minimum absolute atomic E-state index is 0.124. The zero-order valence-electron chi connectivity index (χ0n) is 19.3. The fraction of sp³-hybridized carbons (Fsp3) is 0.200. The summed E-state index contributed by atoms with van der Waals surface area (Å²) in [5.41, 5.74) is 7.60. The Morgan fingerprint density at radius 1 is 0.629 bits per heavy atom. The zero-order valence-corrected chi connectivity index (χ0v) is 20.1. The summed E-state index contributed by atoms with van der Waals surface area (Å²) in [5, 5.41) is 0.406. The van der Waals surface area contributed by atoms with Crippen LogP contribution in [-0.4, -0.2) is 21.5 Å². The molecule has 0 fully saturated rings. The number of Topliss-reactive ketones (excluding diaryl/α,β-unsaturated/α-hetero) is 2. The lowest BCUT2D eigenvalue weighted by Gasteiger charge is -2.19. The van der Waals surface area contributed by atoms with E-state index in [9.17, 15) is 9.59 Å². The number of halogens is 1. The molecule has 2 aromatic carbocycles. The van der Waals surface area contributed by atoms with Crippen molar-refractivity contribution in [3.05, 3.63) is 107 Å². The maximum Gasteiger partial charge on any atom is 0.181 e. The predicted molar refractivity (Wildman–Crippen MR) is 139 cm³/mol. The van der Waals surface area contributed by atoms with Gasteiger partial charge in [0.05, 0.1) is 5.69 Å². The van der Waals surface area contributed by atoms with Crippen LogP contribution in [0.3, 0.4) is 0 Å². The Morgan fingerprint density at radius 3 is 1.97 bits per heavy atom. The van der Waals surface area contributed by atoms with Crippen molar-refractivity contribution in [1.29, 1.82) is 0 Å². The molecule has 0 saturated carbocycles. The van der Waals surface area contributed by atoms with Gasteiger partial charge in [0.25, 0.3) is 0 Å². The quantitative estimate of drug-likeness (QED) is 0.285. The summed E-state index contributed by atoms with van der Waals surface area (Å²) >= 11 is 5.68. The van der Waals surface area contributed by atoms with E-state index in [0.29, 0.717) is 29.4 Å². The highest BCUT2D eigenvalue weighted by Crippen LogP contribution is 2.34. The molecule has 35 heavy (non-hydrogen) atoms. The number of benzene rings is 2. The number of hydrogen-bond acceptors (Lipinski definition) is 4. The molecule has 0 atom stereocenters. The smallest absolute Gasteiger partial charge is 0.181 e. The first-order valence-electron chi connectivity index (χ1n) is 12.0. The molecule has 174 valence electrons. The first kappa shape index (κ1) is 23.1. The Labute approximate surface area is 210 Å². The zero-order chi connectivity index (χ0) is 24.2. The molecular formula is C30H25ClN2O2. The van der Waals surface area contributed by atoms with Crippen LogP contribution in [0.1, 0.15) is 57.8 Å². The Bertz CT molecular complexity index is 1380. The fourth-order valence-corrected chi connectivity index (χ4v) is 4.84. The molecule has 0 radical (unpaired) electrons. The molecule has 4 aromatic rings. The molecule has 5 heteroatoms. The normalized spacial score (nSPS) is 14.4. The van der Waals surface area contributed by atoms with E-state index < -0.39 is 0 Å². The van der Waals surface area contributed by atoms with Crippen LogP contribution in [0.5, 0.6) is 0 Å². The highest BCUT2D eigenvalue weighted by molar-refractivity contribution is 6.29. The molecule has 4 nitrogen and oxygen atoms in total. The summed E-state index contributed by atoms with van der Waals surface area (Å²) in [5.74, 6) is 0.292. The number of ketones is 2. The summed E-state index contributed by atoms with van der Waals surface area (Å²) < 4.78 is 0. The van der Waals surface area contributed by atoms with E-state index >= 15 is 0 Å². The van der Waals surface area contributed by atoms with Crippen molar-refractivity contribution in [2.24, 2.45) is 0 Å². The number of pyridine rings is 2. The lowest BCUT2D eigenvalue weighted by atomic mass is 9.87. The minimum atomic E-state index is 0.124. The monoisotopic (exact) mass is 480 g/mol. The number of carbonyl (C=O) groups excluding carboxylic acids is 2. The fourth-order valence-electron chi connectivity index (χ4n) is 4.70. The summed E-state index contributed by atoms with van der Waals surface area (Å²) in [7, 11) is 0. The minimum Gasteiger partial charge on any atom is -0.292 e. The van der Waals surface area contributed by atoms with E-state index in [1.807, 2.05) is 54.6 Å². The molecule has 0 saturated heterocycles. The van der Waals surface area contributed by atoms with Gasteiger partial charge in [0.2, 0.25) is 0 Å². The molecule has 2 aliphatic carbocycles. The lowest BCUT2D eigenvalue weighted by molar-refractivity contribution is 0.0959. The number of rotatable bonds is 2. The van der Waals surface area contributed by atoms with Gasteiger partial charge in [-0.05, 0) is 60.1 Å². The number of hydrogen-bond donors (Lipinski definition) is 0. The van der Waals surface area contributed by atoms with Gasteiger partial charge in [0, 0.05) is 18.4 Å². The van der Waals surface area contributed by atoms with Crippen molar-refractivity contribution in [1.82, 2.24) is 9.97 Å². The van der Waals surface area contributed by atoms with E-state index in [-0.39, 0.29) is 11.6 Å². The summed E-state index contributed by atoms with van der Waals surface area (Å²) in [6.07, 6.45) is 4.94. The average molecular weight is 481 g/mol. The van der Waals surface area contributed by atoms with Gasteiger partial charge in [-0.25, -0.2) is 9.97 Å². The van der Waals surface area contributed by atoms with Crippen LogP contribution in [-0.2, 0) is 12.8 Å². The van der Waals surface area contributed by atoms with Crippen LogP contribution < -0.4 is 0 Å². The Morgan fingerprint density at radius 2 is 1.26 bits per heavy atom. The van der Waals surface area contributed by atoms with Crippen molar-refractivity contribution < 1.29 is 9.59 Å². The van der Waals surface area contributed by atoms with Crippen LogP contribution in [0.25, 0.3) is 22.4 Å². The third kappa shape index (κ3) is 5.08. The number of carbonyl (C=O) groups is 2. The highest BCUT2D eigenvalue weighted by atomic mass is 35.5. The van der Waals surface area contributed by atoms with E-state index in [2.05, 4.69) is 23.2 Å². The third-order valence-corrected chi connectivity index (χ3v) is 6.64. The van der Waals surface area contributed by atoms with Crippen LogP contribution in [0.15, 0.2) is 78.9 Å². The van der Waals surface area contributed by atoms with Crippen LogP contribution in [0, 0.1) is 0 Å². The number of nitrogens with zero attached hydrogens (tertiary/aromatic N) is 2. The molecular weight excluding hydrogens is 456 g/mol. The van der Waals surface area contributed by atoms with Gasteiger partial charge in [-0.15, -0.1) is 0 Å². The van der Waals surface area contributed by atoms with Gasteiger partial charge >= 0.3 is 0 Å². The molecule has 2 heterocycles. The van der Waals surface area contributed by atoms with Gasteiger partial charge < -0.3 is 0 Å². The molecule has 0 aliphatic heterocycles. The lowest BCUT2D eigenvalue weighted by Crippen LogP contribution is -2.15. The largest absolute Gasteiger partial charge is 0.292 e. The van der Waals surface area contributed by atoms with E-state index in [0.717, 1.165) is 59.2 Å². The van der Waals surface area contributed by atoms with Gasteiger partial charge in [-0.3, -0.25) is 9.59 Å². The molecule has 2 aliphatic rings. The van der Waals surface area contributed by atoms with Crippen LogP contribution in [0.4, 0.5) is 0 Å². The molecule has 0 spiro atoms. The van der Waals surface area contributed by atoms with E-state index in [1.165, 1.54) is 0 Å². The van der Waals surface area contributed by atoms with E-state index in [1.54, 1.807) is 6.07 Å². The summed E-state index contributed by atoms with van der Waals surface area (Å²) in [6, 6.07) is 26.1. The highest BCUT2D eigenvalue weighted by Gasteiger charge is 2.23. The molecule has 6 rings (SSSR count). The molecule has 0 bridgehead atoms. The maximum atomic E-state index is 12.4. The maximum absolute atomic E-state index is 12.4. The predicted octanol–water partition coefficient (Wildman–Crippen LogP) is 7.19. The molecule has 0 unspecified atom stereocenters. The van der Waals surface area contributed by atoms with Crippen molar-refractivity contribution in [3.8, 4) is 22.4 Å². The Balaban J connectivity index is 0.000000178. The van der Waals surface area contributed by atoms with Crippen molar-refractivity contribution in [2.75, 3.05) is 0 Å². The summed E-state index contributed by atoms with van der Waals surface area (Å²) in [4.78, 5) is 32.4. The second-order valence-electron chi connectivity index (χ2n) is 8.81. The second kappa shape index (κ2) is 10.3. The van der Waals surface area contributed by atoms with Gasteiger partial charge in [0.1, 0.15) is 16.5 Å². The van der Waals surface area contributed by atoms with Gasteiger partial charge in [-0.2, -0.15) is 0 Å². The van der Waals surface area contributed by atoms with Gasteiger partial charge in [0.15, 0.2) is 11.6 Å². The molecule has 0 amide bonds. The number of aryl methyl sites for hydroxylation is 1. The molecule has 0 N–H and O–H groups in total.